The Balaban J connectivity index is 1.87. The van der Waals surface area contributed by atoms with Gasteiger partial charge in [0, 0.05) is 23.6 Å². The van der Waals surface area contributed by atoms with E-state index in [4.69, 9.17) is 9.15 Å². The second kappa shape index (κ2) is 8.18. The largest absolute Gasteiger partial charge is 0.457 e. The second-order valence-corrected chi connectivity index (χ2v) is 8.40. The van der Waals surface area contributed by atoms with Crippen molar-refractivity contribution in [2.75, 3.05) is 6.54 Å². The van der Waals surface area contributed by atoms with Gasteiger partial charge in [-0.25, -0.2) is 22.7 Å². The molecule has 8 heteroatoms. The first kappa shape index (κ1) is 20.8. The first-order valence-electron chi connectivity index (χ1n) is 9.02. The highest BCUT2D eigenvalue weighted by Gasteiger charge is 2.17. The third kappa shape index (κ3) is 4.55. The van der Waals surface area contributed by atoms with E-state index in [0.29, 0.717) is 16.5 Å². The van der Waals surface area contributed by atoms with Crippen molar-refractivity contribution in [1.29, 1.82) is 0 Å². The lowest BCUT2D eigenvalue weighted by molar-refractivity contribution is 0.0473. The van der Waals surface area contributed by atoms with Crippen molar-refractivity contribution in [3.05, 3.63) is 75.1 Å². The van der Waals surface area contributed by atoms with Crippen LogP contribution < -0.4 is 10.3 Å². The van der Waals surface area contributed by atoms with Crippen LogP contribution in [0.5, 0.6) is 0 Å². The number of aryl methyl sites for hydroxylation is 2. The first-order chi connectivity index (χ1) is 13.7. The molecule has 0 atom stereocenters. The van der Waals surface area contributed by atoms with Gasteiger partial charge in [0.15, 0.2) is 0 Å². The molecule has 0 unspecified atom stereocenters. The number of carbonyl (C=O) groups excluding carboxylic acids is 1. The second-order valence-electron chi connectivity index (χ2n) is 6.63. The van der Waals surface area contributed by atoms with E-state index in [0.717, 1.165) is 11.1 Å². The maximum Gasteiger partial charge on any atom is 0.338 e. The number of ether oxygens (including phenoxy) is 1. The van der Waals surface area contributed by atoms with Gasteiger partial charge in [-0.05, 0) is 55.3 Å². The van der Waals surface area contributed by atoms with Crippen LogP contribution in [0.3, 0.4) is 0 Å². The topological polar surface area (TPSA) is 103 Å². The minimum atomic E-state index is -3.69. The average Bonchev–Trinajstić information content (AvgIpc) is 2.67. The zero-order valence-corrected chi connectivity index (χ0v) is 17.1. The van der Waals surface area contributed by atoms with Crippen molar-refractivity contribution in [1.82, 2.24) is 4.72 Å². The van der Waals surface area contributed by atoms with E-state index in [2.05, 4.69) is 4.72 Å². The number of carbonyl (C=O) groups is 1. The van der Waals surface area contributed by atoms with Crippen molar-refractivity contribution in [2.45, 2.75) is 32.3 Å². The Morgan fingerprint density at radius 2 is 1.83 bits per heavy atom. The molecule has 0 spiro atoms. The van der Waals surface area contributed by atoms with Gasteiger partial charge in [0.05, 0.1) is 10.5 Å². The summed E-state index contributed by atoms with van der Waals surface area (Å²) in [6.45, 7) is 5.61. The Labute approximate surface area is 168 Å². The molecule has 0 aliphatic rings. The lowest BCUT2D eigenvalue weighted by Gasteiger charge is -2.10. The van der Waals surface area contributed by atoms with E-state index < -0.39 is 21.6 Å². The van der Waals surface area contributed by atoms with Crippen LogP contribution in [0.15, 0.2) is 56.6 Å². The molecule has 3 aromatic rings. The van der Waals surface area contributed by atoms with E-state index in [-0.39, 0.29) is 23.6 Å². The Bertz CT molecular complexity index is 1240. The average molecular weight is 415 g/mol. The molecule has 0 radical (unpaired) electrons. The summed E-state index contributed by atoms with van der Waals surface area (Å²) in [6.07, 6.45) is 0. The third-order valence-electron chi connectivity index (χ3n) is 4.52. The standard InChI is InChI=1S/C21H21NO6S/c1-4-22-29(25,26)17-7-5-6-15(10-17)21(24)27-12-16-11-20(23)28-19-9-14(3)13(2)8-18(16)19/h5-11,22H,4,12H2,1-3H3. The van der Waals surface area contributed by atoms with Crippen LogP contribution in [-0.2, 0) is 21.4 Å². The molecular formula is C21H21NO6S. The van der Waals surface area contributed by atoms with Gasteiger partial charge in [0.1, 0.15) is 12.2 Å². The lowest BCUT2D eigenvalue weighted by atomic mass is 10.0. The number of benzene rings is 2. The van der Waals surface area contributed by atoms with E-state index in [1.54, 1.807) is 13.0 Å². The molecule has 0 saturated carbocycles. The summed E-state index contributed by atoms with van der Waals surface area (Å²) in [5.41, 5.74) is 2.50. The number of nitrogens with one attached hydrogen (secondary N) is 1. The predicted octanol–water partition coefficient (Wildman–Crippen LogP) is 3.07. The van der Waals surface area contributed by atoms with Crippen molar-refractivity contribution in [3.63, 3.8) is 0 Å². The molecule has 29 heavy (non-hydrogen) atoms. The van der Waals surface area contributed by atoms with Crippen LogP contribution >= 0.6 is 0 Å². The van der Waals surface area contributed by atoms with E-state index in [1.807, 2.05) is 19.9 Å². The van der Waals surface area contributed by atoms with Gasteiger partial charge in [-0.1, -0.05) is 13.0 Å². The molecule has 0 amide bonds. The summed E-state index contributed by atoms with van der Waals surface area (Å²) in [6, 6.07) is 10.5. The van der Waals surface area contributed by atoms with Gasteiger partial charge in [-0.2, -0.15) is 0 Å². The fourth-order valence-corrected chi connectivity index (χ4v) is 3.98. The van der Waals surface area contributed by atoms with Crippen LogP contribution in [0.2, 0.25) is 0 Å². The molecule has 3 rings (SSSR count). The molecule has 152 valence electrons. The van der Waals surface area contributed by atoms with Crippen LogP contribution in [0.25, 0.3) is 11.0 Å². The lowest BCUT2D eigenvalue weighted by Crippen LogP contribution is -2.23. The van der Waals surface area contributed by atoms with Crippen molar-refractivity contribution < 1.29 is 22.4 Å². The number of sulfonamides is 1. The Kier molecular flexibility index (Phi) is 5.86. The fraction of sp³-hybridized carbons (Fsp3) is 0.238. The molecule has 1 aromatic heterocycles. The molecule has 7 nitrogen and oxygen atoms in total. The molecule has 2 aromatic carbocycles. The van der Waals surface area contributed by atoms with Crippen LogP contribution in [0.4, 0.5) is 0 Å². The van der Waals surface area contributed by atoms with Crippen LogP contribution in [-0.4, -0.2) is 20.9 Å². The van der Waals surface area contributed by atoms with E-state index in [9.17, 15) is 18.0 Å². The van der Waals surface area contributed by atoms with Crippen molar-refractivity contribution in [3.8, 4) is 0 Å². The number of hydrogen-bond donors (Lipinski definition) is 1. The quantitative estimate of drug-likeness (QED) is 0.490. The van der Waals surface area contributed by atoms with Gasteiger partial charge < -0.3 is 9.15 Å². The van der Waals surface area contributed by atoms with Gasteiger partial charge in [-0.3, -0.25) is 0 Å². The Morgan fingerprint density at radius 1 is 1.10 bits per heavy atom. The maximum atomic E-state index is 12.5. The predicted molar refractivity (Wildman–Crippen MR) is 108 cm³/mol. The minimum Gasteiger partial charge on any atom is -0.457 e. The number of fused-ring (bicyclic) bond motifs is 1. The molecule has 0 fully saturated rings. The smallest absolute Gasteiger partial charge is 0.338 e. The zero-order chi connectivity index (χ0) is 21.2. The van der Waals surface area contributed by atoms with Crippen LogP contribution in [0.1, 0.15) is 34.0 Å². The zero-order valence-electron chi connectivity index (χ0n) is 16.3. The van der Waals surface area contributed by atoms with Gasteiger partial charge in [0.25, 0.3) is 0 Å². The van der Waals surface area contributed by atoms with E-state index >= 15 is 0 Å². The molecule has 0 bridgehead atoms. The van der Waals surface area contributed by atoms with E-state index in [1.165, 1.54) is 30.3 Å². The monoisotopic (exact) mass is 415 g/mol. The maximum absolute atomic E-state index is 12.5. The van der Waals surface area contributed by atoms with Gasteiger partial charge >= 0.3 is 11.6 Å². The molecular weight excluding hydrogens is 394 g/mol. The summed E-state index contributed by atoms with van der Waals surface area (Å²) in [7, 11) is -3.69. The summed E-state index contributed by atoms with van der Waals surface area (Å²) in [5, 5.41) is 0.684. The summed E-state index contributed by atoms with van der Waals surface area (Å²) in [4.78, 5) is 24.3. The normalized spacial score (nSPS) is 11.6. The number of esters is 1. The van der Waals surface area contributed by atoms with Crippen molar-refractivity contribution >= 4 is 27.0 Å². The molecule has 1 heterocycles. The fourth-order valence-electron chi connectivity index (χ4n) is 2.89. The van der Waals surface area contributed by atoms with Crippen LogP contribution in [0, 0.1) is 13.8 Å². The SMILES string of the molecule is CCNS(=O)(=O)c1cccc(C(=O)OCc2cc(=O)oc3cc(C)c(C)cc23)c1. The highest BCUT2D eigenvalue weighted by Crippen LogP contribution is 2.22. The third-order valence-corrected chi connectivity index (χ3v) is 6.06. The summed E-state index contributed by atoms with van der Waals surface area (Å²) in [5.74, 6) is -0.691. The Morgan fingerprint density at radius 3 is 2.55 bits per heavy atom. The Hall–Kier alpha value is -2.97. The number of rotatable bonds is 6. The summed E-state index contributed by atoms with van der Waals surface area (Å²) >= 11 is 0. The van der Waals surface area contributed by atoms with Gasteiger partial charge in [-0.15, -0.1) is 0 Å². The van der Waals surface area contributed by atoms with Crippen molar-refractivity contribution in [2.24, 2.45) is 0 Å². The molecule has 0 saturated heterocycles. The first-order valence-corrected chi connectivity index (χ1v) is 10.5. The highest BCUT2D eigenvalue weighted by atomic mass is 32.2. The highest BCUT2D eigenvalue weighted by molar-refractivity contribution is 7.89. The van der Waals surface area contributed by atoms with Gasteiger partial charge in [0.2, 0.25) is 10.0 Å². The summed E-state index contributed by atoms with van der Waals surface area (Å²) < 4.78 is 37.2. The number of hydrogen-bond acceptors (Lipinski definition) is 6. The molecule has 1 N–H and O–H groups in total. The minimum absolute atomic E-state index is 0.0225. The molecule has 0 aliphatic carbocycles. The molecule has 0 aliphatic heterocycles.